The molecule has 19 heavy (non-hydrogen) atoms. The van der Waals surface area contributed by atoms with Gasteiger partial charge in [0.2, 0.25) is 0 Å². The molecule has 100 valence electrons. The highest BCUT2D eigenvalue weighted by Gasteiger charge is 2.22. The molecule has 0 aromatic carbocycles. The minimum Gasteiger partial charge on any atom is -0.465 e. The van der Waals surface area contributed by atoms with Gasteiger partial charge in [-0.15, -0.1) is 0 Å². The smallest absolute Gasteiger partial charge is 0.354 e. The van der Waals surface area contributed by atoms with Crippen molar-refractivity contribution in [3.63, 3.8) is 0 Å². The van der Waals surface area contributed by atoms with Crippen molar-refractivity contribution in [2.24, 2.45) is 0 Å². The largest absolute Gasteiger partial charge is 0.465 e. The Morgan fingerprint density at radius 3 is 2.74 bits per heavy atom. The molecule has 0 bridgehead atoms. The minimum absolute atomic E-state index is 0.175. The predicted molar refractivity (Wildman–Crippen MR) is 65.8 cm³/mol. The first-order valence-corrected chi connectivity index (χ1v) is 5.69. The SMILES string of the molecule is CCOC(=O)c1cc(C(=O)OC)c(-c2ccco2)[nH]1. The van der Waals surface area contributed by atoms with E-state index < -0.39 is 11.9 Å². The number of ether oxygens (including phenoxy) is 2. The van der Waals surface area contributed by atoms with Crippen molar-refractivity contribution in [1.82, 2.24) is 4.98 Å². The lowest BCUT2D eigenvalue weighted by atomic mass is 10.2. The zero-order valence-corrected chi connectivity index (χ0v) is 10.6. The van der Waals surface area contributed by atoms with Crippen LogP contribution in [0.2, 0.25) is 0 Å². The Balaban J connectivity index is 2.46. The van der Waals surface area contributed by atoms with Crippen LogP contribution < -0.4 is 0 Å². The normalized spacial score (nSPS) is 10.2. The van der Waals surface area contributed by atoms with E-state index in [1.807, 2.05) is 0 Å². The van der Waals surface area contributed by atoms with E-state index in [2.05, 4.69) is 9.72 Å². The zero-order valence-electron chi connectivity index (χ0n) is 10.6. The molecule has 0 aliphatic rings. The van der Waals surface area contributed by atoms with Crippen molar-refractivity contribution in [3.8, 4) is 11.5 Å². The van der Waals surface area contributed by atoms with Crippen LogP contribution in [0.25, 0.3) is 11.5 Å². The topological polar surface area (TPSA) is 81.5 Å². The quantitative estimate of drug-likeness (QED) is 0.855. The fourth-order valence-corrected chi connectivity index (χ4v) is 1.66. The molecule has 2 aromatic heterocycles. The first-order chi connectivity index (χ1) is 9.17. The second-order valence-corrected chi connectivity index (χ2v) is 3.66. The number of nitrogens with one attached hydrogen (secondary N) is 1. The zero-order chi connectivity index (χ0) is 13.8. The minimum atomic E-state index is -0.557. The first kappa shape index (κ1) is 12.9. The van der Waals surface area contributed by atoms with Crippen molar-refractivity contribution in [2.75, 3.05) is 13.7 Å². The van der Waals surface area contributed by atoms with Crippen molar-refractivity contribution >= 4 is 11.9 Å². The number of aromatic amines is 1. The van der Waals surface area contributed by atoms with Crippen LogP contribution in [0.1, 0.15) is 27.8 Å². The molecule has 2 heterocycles. The molecule has 6 heteroatoms. The van der Waals surface area contributed by atoms with Crippen LogP contribution in [0.15, 0.2) is 28.9 Å². The molecule has 0 atom stereocenters. The summed E-state index contributed by atoms with van der Waals surface area (Å²) in [5, 5.41) is 0. The van der Waals surface area contributed by atoms with Crippen molar-refractivity contribution in [3.05, 3.63) is 35.7 Å². The fourth-order valence-electron chi connectivity index (χ4n) is 1.66. The Morgan fingerprint density at radius 2 is 2.16 bits per heavy atom. The van der Waals surface area contributed by atoms with Gasteiger partial charge in [0.15, 0.2) is 5.76 Å². The van der Waals surface area contributed by atoms with Crippen molar-refractivity contribution in [1.29, 1.82) is 0 Å². The molecule has 0 unspecified atom stereocenters. The third-order valence-electron chi connectivity index (χ3n) is 2.49. The fraction of sp³-hybridized carbons (Fsp3) is 0.231. The molecular formula is C13H13NO5. The summed E-state index contributed by atoms with van der Waals surface area (Å²) < 4.78 is 14.8. The number of H-pyrrole nitrogens is 1. The molecule has 0 radical (unpaired) electrons. The Hall–Kier alpha value is -2.50. The van der Waals surface area contributed by atoms with E-state index >= 15 is 0 Å². The summed E-state index contributed by atoms with van der Waals surface area (Å²) in [4.78, 5) is 26.2. The van der Waals surface area contributed by atoms with E-state index in [-0.39, 0.29) is 17.9 Å². The molecule has 0 aliphatic carbocycles. The van der Waals surface area contributed by atoms with Gasteiger partial charge in [0.05, 0.1) is 31.2 Å². The van der Waals surface area contributed by atoms with Crippen LogP contribution in [-0.4, -0.2) is 30.6 Å². The summed E-state index contributed by atoms with van der Waals surface area (Å²) in [6.45, 7) is 1.96. The maximum atomic E-state index is 11.7. The lowest BCUT2D eigenvalue weighted by molar-refractivity contribution is 0.0520. The Bertz CT molecular complexity index is 582. The van der Waals surface area contributed by atoms with E-state index in [1.165, 1.54) is 19.4 Å². The summed E-state index contributed by atoms with van der Waals surface area (Å²) in [7, 11) is 1.27. The molecule has 0 saturated heterocycles. The standard InChI is InChI=1S/C13H13NO5/c1-3-18-13(16)9-7-8(12(15)17-2)11(14-9)10-5-4-6-19-10/h4-7,14H,3H2,1-2H3. The highest BCUT2D eigenvalue weighted by Crippen LogP contribution is 2.25. The van der Waals surface area contributed by atoms with Crippen LogP contribution in [0, 0.1) is 0 Å². The maximum absolute atomic E-state index is 11.7. The Kier molecular flexibility index (Phi) is 3.70. The maximum Gasteiger partial charge on any atom is 0.354 e. The number of carbonyl (C=O) groups excluding carboxylic acids is 2. The third-order valence-corrected chi connectivity index (χ3v) is 2.49. The van der Waals surface area contributed by atoms with Gasteiger partial charge in [-0.05, 0) is 25.1 Å². The summed E-state index contributed by atoms with van der Waals surface area (Å²) in [5.74, 6) is -0.653. The van der Waals surface area contributed by atoms with E-state index in [0.717, 1.165) is 0 Å². The van der Waals surface area contributed by atoms with Gasteiger partial charge in [0.25, 0.3) is 0 Å². The van der Waals surface area contributed by atoms with Gasteiger partial charge in [-0.1, -0.05) is 0 Å². The second kappa shape index (κ2) is 5.43. The molecular weight excluding hydrogens is 250 g/mol. The van der Waals surface area contributed by atoms with Crippen molar-refractivity contribution in [2.45, 2.75) is 6.92 Å². The summed E-state index contributed by atoms with van der Waals surface area (Å²) >= 11 is 0. The molecule has 1 N–H and O–H groups in total. The number of rotatable bonds is 4. The summed E-state index contributed by atoms with van der Waals surface area (Å²) in [6, 6.07) is 4.75. The van der Waals surface area contributed by atoms with Crippen LogP contribution in [0.4, 0.5) is 0 Å². The summed E-state index contributed by atoms with van der Waals surface area (Å²) in [6.07, 6.45) is 1.47. The highest BCUT2D eigenvalue weighted by molar-refractivity contribution is 6.00. The van der Waals surface area contributed by atoms with Gasteiger partial charge in [0.1, 0.15) is 5.69 Å². The average Bonchev–Trinajstić information content (AvgIpc) is 3.06. The van der Waals surface area contributed by atoms with Gasteiger partial charge in [-0.2, -0.15) is 0 Å². The van der Waals surface area contributed by atoms with Gasteiger partial charge < -0.3 is 18.9 Å². The Labute approximate surface area is 109 Å². The van der Waals surface area contributed by atoms with Gasteiger partial charge in [0, 0.05) is 0 Å². The van der Waals surface area contributed by atoms with Gasteiger partial charge >= 0.3 is 11.9 Å². The highest BCUT2D eigenvalue weighted by atomic mass is 16.5. The monoisotopic (exact) mass is 263 g/mol. The van der Waals surface area contributed by atoms with Crippen LogP contribution in [0.5, 0.6) is 0 Å². The Morgan fingerprint density at radius 1 is 1.37 bits per heavy atom. The van der Waals surface area contributed by atoms with E-state index in [0.29, 0.717) is 11.5 Å². The molecule has 6 nitrogen and oxygen atoms in total. The average molecular weight is 263 g/mol. The molecule has 0 saturated carbocycles. The molecule has 2 rings (SSSR count). The van der Waals surface area contributed by atoms with E-state index in [9.17, 15) is 9.59 Å². The lowest BCUT2D eigenvalue weighted by Gasteiger charge is -1.98. The molecule has 0 fully saturated rings. The number of furan rings is 1. The number of esters is 2. The van der Waals surface area contributed by atoms with Crippen LogP contribution in [0.3, 0.4) is 0 Å². The van der Waals surface area contributed by atoms with Gasteiger partial charge in [-0.3, -0.25) is 0 Å². The first-order valence-electron chi connectivity index (χ1n) is 5.69. The number of carbonyl (C=O) groups is 2. The van der Waals surface area contributed by atoms with Crippen LogP contribution >= 0.6 is 0 Å². The molecule has 2 aromatic rings. The van der Waals surface area contributed by atoms with Crippen LogP contribution in [-0.2, 0) is 9.47 Å². The lowest BCUT2D eigenvalue weighted by Crippen LogP contribution is -2.04. The third kappa shape index (κ3) is 2.52. The number of hydrogen-bond acceptors (Lipinski definition) is 5. The number of aromatic nitrogens is 1. The summed E-state index contributed by atoms with van der Waals surface area (Å²) in [5.41, 5.74) is 0.786. The molecule has 0 aliphatic heterocycles. The second-order valence-electron chi connectivity index (χ2n) is 3.66. The number of hydrogen-bond donors (Lipinski definition) is 1. The van der Waals surface area contributed by atoms with E-state index in [1.54, 1.807) is 19.1 Å². The number of methoxy groups -OCH3 is 1. The van der Waals surface area contributed by atoms with Crippen molar-refractivity contribution < 1.29 is 23.5 Å². The van der Waals surface area contributed by atoms with E-state index in [4.69, 9.17) is 9.15 Å². The molecule has 0 amide bonds. The van der Waals surface area contributed by atoms with Gasteiger partial charge in [-0.25, -0.2) is 9.59 Å². The molecule has 0 spiro atoms. The predicted octanol–water partition coefficient (Wildman–Crippen LogP) is 2.24.